The molecule has 0 amide bonds. The molecule has 60 valence electrons. The fraction of sp³-hybridized carbons (Fsp3) is 0.500. The Kier molecular flexibility index (Phi) is 3.30. The summed E-state index contributed by atoms with van der Waals surface area (Å²) in [6.45, 7) is 2.16. The Morgan fingerprint density at radius 3 is 3.00 bits per heavy atom. The van der Waals surface area contributed by atoms with E-state index in [0.717, 1.165) is 18.5 Å². The van der Waals surface area contributed by atoms with Crippen molar-refractivity contribution >= 4 is 11.6 Å². The lowest BCUT2D eigenvalue weighted by Gasteiger charge is -1.96. The smallest absolute Gasteiger partial charge is 0.222 e. The van der Waals surface area contributed by atoms with Crippen LogP contribution in [0, 0.1) is 0 Å². The summed E-state index contributed by atoms with van der Waals surface area (Å²) in [7, 11) is 0. The van der Waals surface area contributed by atoms with Gasteiger partial charge in [0.05, 0.1) is 0 Å². The van der Waals surface area contributed by atoms with Gasteiger partial charge in [-0.15, -0.1) is 0 Å². The molecule has 0 saturated heterocycles. The number of halogens is 1. The maximum atomic E-state index is 5.60. The number of hydrogen-bond acceptors (Lipinski definition) is 2. The normalized spacial score (nSPS) is 10.0. The molecule has 0 bridgehead atoms. The van der Waals surface area contributed by atoms with E-state index in [1.807, 2.05) is 6.07 Å². The topological polar surface area (TPSA) is 25.8 Å². The molecular formula is C8H11ClN2. The quantitative estimate of drug-likeness (QED) is 0.652. The van der Waals surface area contributed by atoms with Gasteiger partial charge in [0.2, 0.25) is 5.28 Å². The van der Waals surface area contributed by atoms with E-state index in [1.54, 1.807) is 6.20 Å². The molecule has 1 rings (SSSR count). The van der Waals surface area contributed by atoms with Crippen molar-refractivity contribution in [2.45, 2.75) is 26.2 Å². The second-order valence-corrected chi connectivity index (χ2v) is 2.76. The van der Waals surface area contributed by atoms with Gasteiger partial charge in [0.15, 0.2) is 0 Å². The van der Waals surface area contributed by atoms with Crippen LogP contribution in [0.25, 0.3) is 0 Å². The monoisotopic (exact) mass is 170 g/mol. The third-order valence-electron chi connectivity index (χ3n) is 1.47. The Labute approximate surface area is 71.6 Å². The summed E-state index contributed by atoms with van der Waals surface area (Å²) < 4.78 is 0. The maximum Gasteiger partial charge on any atom is 0.222 e. The van der Waals surface area contributed by atoms with E-state index >= 15 is 0 Å². The van der Waals surface area contributed by atoms with Gasteiger partial charge in [-0.2, -0.15) is 0 Å². The molecule has 0 aliphatic heterocycles. The van der Waals surface area contributed by atoms with Gasteiger partial charge >= 0.3 is 0 Å². The van der Waals surface area contributed by atoms with E-state index in [4.69, 9.17) is 11.6 Å². The summed E-state index contributed by atoms with van der Waals surface area (Å²) in [5.41, 5.74) is 1.03. The van der Waals surface area contributed by atoms with Gasteiger partial charge < -0.3 is 0 Å². The molecule has 1 aromatic rings. The van der Waals surface area contributed by atoms with Crippen molar-refractivity contribution < 1.29 is 0 Å². The molecule has 0 atom stereocenters. The predicted octanol–water partition coefficient (Wildman–Crippen LogP) is 2.47. The first-order valence-electron chi connectivity index (χ1n) is 3.80. The molecule has 0 spiro atoms. The minimum atomic E-state index is 0.346. The van der Waals surface area contributed by atoms with Crippen molar-refractivity contribution in [3.05, 3.63) is 23.2 Å². The largest absolute Gasteiger partial charge is 0.227 e. The van der Waals surface area contributed by atoms with Crippen molar-refractivity contribution in [2.24, 2.45) is 0 Å². The number of rotatable bonds is 3. The lowest BCUT2D eigenvalue weighted by molar-refractivity contribution is 0.773. The van der Waals surface area contributed by atoms with Crippen LogP contribution < -0.4 is 0 Å². The molecular weight excluding hydrogens is 160 g/mol. The van der Waals surface area contributed by atoms with E-state index < -0.39 is 0 Å². The van der Waals surface area contributed by atoms with Gasteiger partial charge in [-0.1, -0.05) is 13.3 Å². The van der Waals surface area contributed by atoms with E-state index in [1.165, 1.54) is 6.42 Å². The van der Waals surface area contributed by atoms with Crippen LogP contribution in [0.15, 0.2) is 12.3 Å². The SMILES string of the molecule is CCCCc1ccnc(Cl)n1. The van der Waals surface area contributed by atoms with Gasteiger partial charge in [0.1, 0.15) is 0 Å². The number of aryl methyl sites for hydroxylation is 1. The van der Waals surface area contributed by atoms with Gasteiger partial charge in [-0.05, 0) is 30.5 Å². The molecule has 0 fully saturated rings. The van der Waals surface area contributed by atoms with Crippen molar-refractivity contribution in [3.8, 4) is 0 Å². The third-order valence-corrected chi connectivity index (χ3v) is 1.65. The molecule has 0 unspecified atom stereocenters. The zero-order valence-electron chi connectivity index (χ0n) is 6.55. The second-order valence-electron chi connectivity index (χ2n) is 2.42. The summed E-state index contributed by atoms with van der Waals surface area (Å²) in [4.78, 5) is 7.87. The van der Waals surface area contributed by atoms with Crippen LogP contribution in [0.3, 0.4) is 0 Å². The first kappa shape index (κ1) is 8.47. The first-order chi connectivity index (χ1) is 5.33. The molecule has 0 aliphatic carbocycles. The molecule has 0 saturated carbocycles. The number of hydrogen-bond donors (Lipinski definition) is 0. The fourth-order valence-electron chi connectivity index (χ4n) is 0.867. The van der Waals surface area contributed by atoms with Crippen molar-refractivity contribution in [2.75, 3.05) is 0 Å². The third kappa shape index (κ3) is 2.85. The zero-order chi connectivity index (χ0) is 8.10. The van der Waals surface area contributed by atoms with Crippen LogP contribution in [0.4, 0.5) is 0 Å². The standard InChI is InChI=1S/C8H11ClN2/c1-2-3-4-7-5-6-10-8(9)11-7/h5-6H,2-4H2,1H3. The summed E-state index contributed by atoms with van der Waals surface area (Å²) in [5.74, 6) is 0. The summed E-state index contributed by atoms with van der Waals surface area (Å²) >= 11 is 5.60. The average molecular weight is 171 g/mol. The van der Waals surface area contributed by atoms with Crippen LogP contribution in [0.2, 0.25) is 5.28 Å². The lowest BCUT2D eigenvalue weighted by Crippen LogP contribution is -1.91. The Bertz CT molecular complexity index is 225. The van der Waals surface area contributed by atoms with Gasteiger partial charge in [0.25, 0.3) is 0 Å². The van der Waals surface area contributed by atoms with Gasteiger partial charge in [0, 0.05) is 11.9 Å². The molecule has 0 aliphatic rings. The highest BCUT2D eigenvalue weighted by molar-refractivity contribution is 6.28. The summed E-state index contributed by atoms with van der Waals surface area (Å²) in [6.07, 6.45) is 5.04. The van der Waals surface area contributed by atoms with Crippen LogP contribution >= 0.6 is 11.6 Å². The highest BCUT2D eigenvalue weighted by Crippen LogP contribution is 2.04. The number of aromatic nitrogens is 2. The van der Waals surface area contributed by atoms with E-state index in [2.05, 4.69) is 16.9 Å². The van der Waals surface area contributed by atoms with E-state index in [9.17, 15) is 0 Å². The minimum absolute atomic E-state index is 0.346. The zero-order valence-corrected chi connectivity index (χ0v) is 7.30. The van der Waals surface area contributed by atoms with Gasteiger partial charge in [-0.25, -0.2) is 9.97 Å². The Hall–Kier alpha value is -0.630. The average Bonchev–Trinajstić information content (AvgIpc) is 2.01. The number of unbranched alkanes of at least 4 members (excludes halogenated alkanes) is 1. The molecule has 1 aromatic heterocycles. The van der Waals surface area contributed by atoms with Crippen LogP contribution in [-0.2, 0) is 6.42 Å². The first-order valence-corrected chi connectivity index (χ1v) is 4.18. The summed E-state index contributed by atoms with van der Waals surface area (Å²) in [6, 6.07) is 1.90. The molecule has 0 radical (unpaired) electrons. The van der Waals surface area contributed by atoms with Crippen LogP contribution in [-0.4, -0.2) is 9.97 Å². The van der Waals surface area contributed by atoms with Crippen molar-refractivity contribution in [1.82, 2.24) is 9.97 Å². The summed E-state index contributed by atoms with van der Waals surface area (Å²) in [5, 5.41) is 0.346. The molecule has 0 aromatic carbocycles. The van der Waals surface area contributed by atoms with Crippen LogP contribution in [0.1, 0.15) is 25.5 Å². The Morgan fingerprint density at radius 2 is 2.36 bits per heavy atom. The van der Waals surface area contributed by atoms with E-state index in [-0.39, 0.29) is 0 Å². The van der Waals surface area contributed by atoms with Crippen molar-refractivity contribution in [1.29, 1.82) is 0 Å². The Morgan fingerprint density at radius 1 is 1.55 bits per heavy atom. The molecule has 0 N–H and O–H groups in total. The molecule has 11 heavy (non-hydrogen) atoms. The van der Waals surface area contributed by atoms with Crippen LogP contribution in [0.5, 0.6) is 0 Å². The Balaban J connectivity index is 2.56. The highest BCUT2D eigenvalue weighted by atomic mass is 35.5. The fourth-order valence-corrected chi connectivity index (χ4v) is 1.03. The molecule has 3 heteroatoms. The molecule has 1 heterocycles. The van der Waals surface area contributed by atoms with E-state index in [0.29, 0.717) is 5.28 Å². The van der Waals surface area contributed by atoms with Crippen molar-refractivity contribution in [3.63, 3.8) is 0 Å². The highest BCUT2D eigenvalue weighted by Gasteiger charge is 1.94. The van der Waals surface area contributed by atoms with Gasteiger partial charge in [-0.3, -0.25) is 0 Å². The predicted molar refractivity (Wildman–Crippen MR) is 45.7 cm³/mol. The molecule has 2 nitrogen and oxygen atoms in total. The lowest BCUT2D eigenvalue weighted by atomic mass is 10.2. The number of nitrogens with zero attached hydrogens (tertiary/aromatic N) is 2. The minimum Gasteiger partial charge on any atom is -0.227 e. The maximum absolute atomic E-state index is 5.60. The second kappa shape index (κ2) is 4.29.